The Morgan fingerprint density at radius 3 is 2.68 bits per heavy atom. The number of anilines is 1. The molecule has 7 nitrogen and oxygen atoms in total. The normalized spacial score (nSPS) is 15.2. The Kier molecular flexibility index (Phi) is 5.25. The van der Waals surface area contributed by atoms with E-state index in [4.69, 9.17) is 5.73 Å². The van der Waals surface area contributed by atoms with Gasteiger partial charge in [-0.25, -0.2) is 9.97 Å². The molecule has 4 rings (SSSR count). The molecule has 0 saturated carbocycles. The number of aromatic nitrogens is 3. The Morgan fingerprint density at radius 2 is 1.96 bits per heavy atom. The predicted octanol–water partition coefficient (Wildman–Crippen LogP) is 2.07. The van der Waals surface area contributed by atoms with E-state index < -0.39 is 5.91 Å². The van der Waals surface area contributed by atoms with Gasteiger partial charge in [-0.2, -0.15) is 0 Å². The zero-order chi connectivity index (χ0) is 19.5. The zero-order valence-electron chi connectivity index (χ0n) is 16.1. The smallest absolute Gasteiger partial charge is 0.251 e. The van der Waals surface area contributed by atoms with Crippen LogP contribution in [0.15, 0.2) is 42.9 Å². The standard InChI is InChI=1S/C21H26N6O/c1-26-8-7-16-3-2-4-17(19(16)26)12-23-11-15-5-9-27(10-6-15)21-24-13-18(14-25-21)20(22)28/h2-4,7-8,13-15,23H,5-6,9-12H2,1H3,(H2,22,28). The molecule has 1 saturated heterocycles. The number of piperidine rings is 1. The van der Waals surface area contributed by atoms with Crippen molar-refractivity contribution in [2.24, 2.45) is 18.7 Å². The number of benzene rings is 1. The molecule has 3 heterocycles. The summed E-state index contributed by atoms with van der Waals surface area (Å²) >= 11 is 0. The molecule has 0 spiro atoms. The first-order valence-corrected chi connectivity index (χ1v) is 9.72. The highest BCUT2D eigenvalue weighted by molar-refractivity contribution is 5.92. The van der Waals surface area contributed by atoms with Gasteiger partial charge in [0.15, 0.2) is 0 Å². The van der Waals surface area contributed by atoms with E-state index in [0.717, 1.165) is 39.0 Å². The van der Waals surface area contributed by atoms with Crippen molar-refractivity contribution in [1.82, 2.24) is 19.9 Å². The fraction of sp³-hybridized carbons (Fsp3) is 0.381. The molecule has 1 aromatic carbocycles. The van der Waals surface area contributed by atoms with E-state index in [1.807, 2.05) is 0 Å². The van der Waals surface area contributed by atoms with Gasteiger partial charge in [0.05, 0.1) is 11.1 Å². The molecule has 146 valence electrons. The third kappa shape index (κ3) is 3.84. The van der Waals surface area contributed by atoms with Crippen LogP contribution in [-0.4, -0.2) is 40.1 Å². The number of hydrogen-bond acceptors (Lipinski definition) is 5. The summed E-state index contributed by atoms with van der Waals surface area (Å²) in [5.74, 6) is 0.822. The van der Waals surface area contributed by atoms with Crippen LogP contribution in [0.1, 0.15) is 28.8 Å². The molecule has 1 aliphatic rings. The van der Waals surface area contributed by atoms with E-state index in [-0.39, 0.29) is 0 Å². The van der Waals surface area contributed by atoms with Crippen LogP contribution >= 0.6 is 0 Å². The van der Waals surface area contributed by atoms with Crippen LogP contribution in [0.4, 0.5) is 5.95 Å². The van der Waals surface area contributed by atoms with Gasteiger partial charge in [0, 0.05) is 45.3 Å². The van der Waals surface area contributed by atoms with Gasteiger partial charge in [0.1, 0.15) is 0 Å². The maximum atomic E-state index is 11.1. The van der Waals surface area contributed by atoms with Crippen molar-refractivity contribution in [1.29, 1.82) is 0 Å². The Balaban J connectivity index is 1.27. The highest BCUT2D eigenvalue weighted by Gasteiger charge is 2.21. The summed E-state index contributed by atoms with van der Waals surface area (Å²) in [6.07, 6.45) is 7.32. The first-order valence-electron chi connectivity index (χ1n) is 9.72. The van der Waals surface area contributed by atoms with Crippen LogP contribution < -0.4 is 16.0 Å². The molecular formula is C21H26N6O. The van der Waals surface area contributed by atoms with Gasteiger partial charge in [-0.1, -0.05) is 18.2 Å². The van der Waals surface area contributed by atoms with Crippen molar-refractivity contribution in [3.63, 3.8) is 0 Å². The third-order valence-electron chi connectivity index (χ3n) is 5.55. The molecule has 1 fully saturated rings. The second kappa shape index (κ2) is 7.98. The van der Waals surface area contributed by atoms with Crippen molar-refractivity contribution in [2.45, 2.75) is 19.4 Å². The predicted molar refractivity (Wildman–Crippen MR) is 110 cm³/mol. The van der Waals surface area contributed by atoms with Gasteiger partial charge >= 0.3 is 0 Å². The average Bonchev–Trinajstić information content (AvgIpc) is 3.10. The Morgan fingerprint density at radius 1 is 1.21 bits per heavy atom. The summed E-state index contributed by atoms with van der Waals surface area (Å²) in [6.45, 7) is 3.74. The molecular weight excluding hydrogens is 352 g/mol. The average molecular weight is 378 g/mol. The van der Waals surface area contributed by atoms with Crippen LogP contribution in [0.3, 0.4) is 0 Å². The van der Waals surface area contributed by atoms with Crippen LogP contribution in [0, 0.1) is 5.92 Å². The molecule has 3 aromatic rings. The van der Waals surface area contributed by atoms with Gasteiger partial charge in [0.2, 0.25) is 5.95 Å². The van der Waals surface area contributed by atoms with E-state index in [2.05, 4.69) is 62.3 Å². The van der Waals surface area contributed by atoms with Crippen molar-refractivity contribution in [2.75, 3.05) is 24.5 Å². The maximum Gasteiger partial charge on any atom is 0.251 e. The van der Waals surface area contributed by atoms with Gasteiger partial charge in [0.25, 0.3) is 5.91 Å². The first kappa shape index (κ1) is 18.4. The minimum absolute atomic E-state index is 0.344. The van der Waals surface area contributed by atoms with E-state index in [1.54, 1.807) is 0 Å². The second-order valence-corrected chi connectivity index (χ2v) is 7.48. The van der Waals surface area contributed by atoms with Gasteiger partial charge in [-0.05, 0) is 42.3 Å². The van der Waals surface area contributed by atoms with Crippen molar-refractivity contribution in [3.05, 3.63) is 54.0 Å². The number of carbonyl (C=O) groups is 1. The number of amides is 1. The van der Waals surface area contributed by atoms with Crippen molar-refractivity contribution < 1.29 is 4.79 Å². The van der Waals surface area contributed by atoms with E-state index in [1.165, 1.54) is 28.9 Å². The lowest BCUT2D eigenvalue weighted by molar-refractivity contribution is 0.0999. The Bertz CT molecular complexity index is 957. The summed E-state index contributed by atoms with van der Waals surface area (Å²) in [6, 6.07) is 8.64. The number of nitrogens with zero attached hydrogens (tertiary/aromatic N) is 4. The molecule has 1 amide bonds. The SMILES string of the molecule is Cn1ccc2cccc(CNCC3CCN(c4ncc(C(N)=O)cn4)CC3)c21. The zero-order valence-corrected chi connectivity index (χ0v) is 16.1. The Hall–Kier alpha value is -2.93. The minimum atomic E-state index is -0.498. The van der Waals surface area contributed by atoms with Crippen LogP contribution in [0.2, 0.25) is 0 Å². The lowest BCUT2D eigenvalue weighted by Gasteiger charge is -2.32. The molecule has 0 aliphatic carbocycles. The number of nitrogens with one attached hydrogen (secondary N) is 1. The number of aryl methyl sites for hydroxylation is 1. The quantitative estimate of drug-likeness (QED) is 0.685. The fourth-order valence-corrected chi connectivity index (χ4v) is 3.94. The number of fused-ring (bicyclic) bond motifs is 1. The van der Waals surface area contributed by atoms with Crippen LogP contribution in [0.25, 0.3) is 10.9 Å². The topological polar surface area (TPSA) is 89.1 Å². The maximum absolute atomic E-state index is 11.1. The lowest BCUT2D eigenvalue weighted by atomic mass is 9.97. The summed E-state index contributed by atoms with van der Waals surface area (Å²) in [5.41, 5.74) is 8.23. The summed E-state index contributed by atoms with van der Waals surface area (Å²) in [4.78, 5) is 21.9. The van der Waals surface area contributed by atoms with Crippen molar-refractivity contribution in [3.8, 4) is 0 Å². The van der Waals surface area contributed by atoms with E-state index >= 15 is 0 Å². The number of nitrogens with two attached hydrogens (primary N) is 1. The molecule has 0 radical (unpaired) electrons. The van der Waals surface area contributed by atoms with Crippen LogP contribution in [-0.2, 0) is 13.6 Å². The number of para-hydroxylation sites is 1. The van der Waals surface area contributed by atoms with Gasteiger partial charge in [-0.3, -0.25) is 4.79 Å². The van der Waals surface area contributed by atoms with Crippen molar-refractivity contribution >= 4 is 22.8 Å². The highest BCUT2D eigenvalue weighted by atomic mass is 16.1. The molecule has 3 N–H and O–H groups in total. The number of primary amides is 1. The molecule has 28 heavy (non-hydrogen) atoms. The fourth-order valence-electron chi connectivity index (χ4n) is 3.94. The van der Waals surface area contributed by atoms with Gasteiger partial charge in [-0.15, -0.1) is 0 Å². The largest absolute Gasteiger partial charge is 0.366 e. The Labute approximate surface area is 164 Å². The summed E-state index contributed by atoms with van der Waals surface area (Å²) in [5, 5.41) is 4.93. The summed E-state index contributed by atoms with van der Waals surface area (Å²) in [7, 11) is 2.10. The molecule has 0 atom stereocenters. The van der Waals surface area contributed by atoms with Gasteiger partial charge < -0.3 is 20.5 Å². The molecule has 2 aromatic heterocycles. The third-order valence-corrected chi connectivity index (χ3v) is 5.55. The number of hydrogen-bond donors (Lipinski definition) is 2. The molecule has 0 unspecified atom stereocenters. The monoisotopic (exact) mass is 378 g/mol. The first-order chi connectivity index (χ1) is 13.6. The second-order valence-electron chi connectivity index (χ2n) is 7.48. The molecule has 1 aliphatic heterocycles. The van der Waals surface area contributed by atoms with E-state index in [9.17, 15) is 4.79 Å². The highest BCUT2D eigenvalue weighted by Crippen LogP contribution is 2.21. The lowest BCUT2D eigenvalue weighted by Crippen LogP contribution is -2.38. The van der Waals surface area contributed by atoms with Crippen LogP contribution in [0.5, 0.6) is 0 Å². The number of carbonyl (C=O) groups excluding carboxylic acids is 1. The van der Waals surface area contributed by atoms with E-state index in [0.29, 0.717) is 17.4 Å². The molecule has 7 heteroatoms. The number of rotatable bonds is 6. The molecule has 0 bridgehead atoms. The minimum Gasteiger partial charge on any atom is -0.366 e. The summed E-state index contributed by atoms with van der Waals surface area (Å²) < 4.78 is 2.19.